The van der Waals surface area contributed by atoms with Crippen LogP contribution in [0, 0.1) is 0 Å². The lowest BCUT2D eigenvalue weighted by Crippen LogP contribution is -2.27. The molecule has 0 fully saturated rings. The van der Waals surface area contributed by atoms with E-state index in [2.05, 4.69) is 29.6 Å². The van der Waals surface area contributed by atoms with E-state index in [4.69, 9.17) is 33.2 Å². The molecule has 9 nitrogen and oxygen atoms in total. The standard InChI is InChI=1S/C35H45NO8/c37-35(44-28-34-32-13-6-4-11-30(32)31-12-5-7-14-33(31)34)36-15-8-16-38-17-18-39-19-20-40-21-22-41-23-24-42-25-26-43-27-29-9-2-1-3-10-29/h1-7,9-14,34H,8,15-28H2,(H,36,37). The molecule has 1 aliphatic rings. The van der Waals surface area contributed by atoms with Crippen molar-refractivity contribution in [3.05, 3.63) is 95.6 Å². The first-order valence-corrected chi connectivity index (χ1v) is 15.4. The Bertz CT molecular complexity index is 1160. The van der Waals surface area contributed by atoms with Gasteiger partial charge in [-0.1, -0.05) is 78.9 Å². The normalized spacial score (nSPS) is 12.2. The van der Waals surface area contributed by atoms with Crippen molar-refractivity contribution >= 4 is 6.09 Å². The number of hydrogen-bond acceptors (Lipinski definition) is 8. The number of benzene rings is 3. The molecular weight excluding hydrogens is 562 g/mol. The van der Waals surface area contributed by atoms with Gasteiger partial charge in [-0.3, -0.25) is 0 Å². The lowest BCUT2D eigenvalue weighted by molar-refractivity contribution is -0.0177. The van der Waals surface area contributed by atoms with Crippen molar-refractivity contribution in [3.63, 3.8) is 0 Å². The van der Waals surface area contributed by atoms with E-state index in [1.807, 2.05) is 54.6 Å². The molecule has 9 heteroatoms. The Kier molecular flexibility index (Phi) is 15.7. The Balaban J connectivity index is 0.869. The number of carbonyl (C=O) groups is 1. The molecule has 0 saturated heterocycles. The molecule has 1 amide bonds. The summed E-state index contributed by atoms with van der Waals surface area (Å²) >= 11 is 0. The fourth-order valence-corrected chi connectivity index (χ4v) is 4.88. The topological polar surface area (TPSA) is 93.7 Å². The molecule has 0 spiro atoms. The Morgan fingerprint density at radius 2 is 1.00 bits per heavy atom. The highest BCUT2D eigenvalue weighted by atomic mass is 16.6. The van der Waals surface area contributed by atoms with E-state index in [1.165, 1.54) is 22.3 Å². The lowest BCUT2D eigenvalue weighted by Gasteiger charge is -2.14. The summed E-state index contributed by atoms with van der Waals surface area (Å²) in [6.45, 7) is 7.10. The molecule has 3 aromatic rings. The minimum absolute atomic E-state index is 0.0577. The Hall–Kier alpha value is -3.31. The molecule has 1 aliphatic carbocycles. The summed E-state index contributed by atoms with van der Waals surface area (Å²) in [4.78, 5) is 12.2. The summed E-state index contributed by atoms with van der Waals surface area (Å²) in [5, 5.41) is 2.81. The van der Waals surface area contributed by atoms with Crippen LogP contribution in [0.3, 0.4) is 0 Å². The lowest BCUT2D eigenvalue weighted by atomic mass is 9.98. The van der Waals surface area contributed by atoms with Gasteiger partial charge in [-0.2, -0.15) is 0 Å². The zero-order valence-electron chi connectivity index (χ0n) is 25.5. The molecule has 238 valence electrons. The summed E-state index contributed by atoms with van der Waals surface area (Å²) in [5.74, 6) is 0.0577. The number of amides is 1. The summed E-state index contributed by atoms with van der Waals surface area (Å²) in [7, 11) is 0. The van der Waals surface area contributed by atoms with Crippen molar-refractivity contribution in [2.45, 2.75) is 18.9 Å². The quantitative estimate of drug-likeness (QED) is 0.147. The average Bonchev–Trinajstić information content (AvgIpc) is 3.38. The number of carbonyl (C=O) groups excluding carboxylic acids is 1. The Morgan fingerprint density at radius 3 is 1.55 bits per heavy atom. The summed E-state index contributed by atoms with van der Waals surface area (Å²) < 4.78 is 38.7. The van der Waals surface area contributed by atoms with Gasteiger partial charge in [0.15, 0.2) is 0 Å². The zero-order valence-corrected chi connectivity index (χ0v) is 25.5. The molecular formula is C35H45NO8. The third kappa shape index (κ3) is 12.0. The maximum Gasteiger partial charge on any atom is 0.407 e. The maximum absolute atomic E-state index is 12.2. The maximum atomic E-state index is 12.2. The fraction of sp³-hybridized carbons (Fsp3) is 0.457. The van der Waals surface area contributed by atoms with E-state index >= 15 is 0 Å². The van der Waals surface area contributed by atoms with Crippen LogP contribution in [0.15, 0.2) is 78.9 Å². The van der Waals surface area contributed by atoms with Crippen molar-refractivity contribution < 1.29 is 38.0 Å². The molecule has 3 aromatic carbocycles. The monoisotopic (exact) mass is 607 g/mol. The van der Waals surface area contributed by atoms with Crippen LogP contribution < -0.4 is 5.32 Å². The van der Waals surface area contributed by atoms with Crippen molar-refractivity contribution in [3.8, 4) is 11.1 Å². The minimum Gasteiger partial charge on any atom is -0.449 e. The molecule has 0 aliphatic heterocycles. The van der Waals surface area contributed by atoms with Gasteiger partial charge in [0.2, 0.25) is 0 Å². The van der Waals surface area contributed by atoms with Gasteiger partial charge in [-0.05, 0) is 34.2 Å². The molecule has 4 rings (SSSR count). The number of alkyl carbamates (subject to hydrolysis) is 1. The first-order chi connectivity index (χ1) is 21.8. The largest absolute Gasteiger partial charge is 0.449 e. The van der Waals surface area contributed by atoms with E-state index in [-0.39, 0.29) is 5.92 Å². The van der Waals surface area contributed by atoms with Crippen LogP contribution in [-0.2, 0) is 39.8 Å². The second-order valence-electron chi connectivity index (χ2n) is 10.2. The molecule has 0 saturated carbocycles. The van der Waals surface area contributed by atoms with E-state index in [0.29, 0.717) is 98.9 Å². The van der Waals surface area contributed by atoms with E-state index in [0.717, 1.165) is 5.56 Å². The SMILES string of the molecule is O=C(NCCCOCCOCCOCCOCCOCCOCc1ccccc1)OCC1c2ccccc2-c2ccccc21. The molecule has 0 atom stereocenters. The van der Waals surface area contributed by atoms with Crippen LogP contribution in [-0.4, -0.2) is 91.9 Å². The third-order valence-electron chi connectivity index (χ3n) is 7.05. The van der Waals surface area contributed by atoms with E-state index < -0.39 is 6.09 Å². The first kappa shape index (κ1) is 33.6. The second kappa shape index (κ2) is 20.6. The molecule has 44 heavy (non-hydrogen) atoms. The van der Waals surface area contributed by atoms with Crippen LogP contribution in [0.25, 0.3) is 11.1 Å². The Labute approximate surface area is 260 Å². The van der Waals surface area contributed by atoms with Gasteiger partial charge in [0.1, 0.15) is 6.61 Å². The third-order valence-corrected chi connectivity index (χ3v) is 7.05. The summed E-state index contributed by atoms with van der Waals surface area (Å²) in [6, 6.07) is 26.7. The number of fused-ring (bicyclic) bond motifs is 3. The Morgan fingerprint density at radius 1 is 0.545 bits per heavy atom. The molecule has 0 heterocycles. The number of nitrogens with one attached hydrogen (secondary N) is 1. The highest BCUT2D eigenvalue weighted by Crippen LogP contribution is 2.44. The molecule has 0 aromatic heterocycles. The minimum atomic E-state index is -0.408. The number of ether oxygens (including phenoxy) is 7. The smallest absolute Gasteiger partial charge is 0.407 e. The molecule has 0 radical (unpaired) electrons. The van der Waals surface area contributed by atoms with Gasteiger partial charge < -0.3 is 38.5 Å². The molecule has 1 N–H and O–H groups in total. The van der Waals surface area contributed by atoms with Gasteiger partial charge in [0.25, 0.3) is 0 Å². The van der Waals surface area contributed by atoms with Crippen LogP contribution in [0.5, 0.6) is 0 Å². The summed E-state index contributed by atoms with van der Waals surface area (Å²) in [6.07, 6.45) is 0.287. The van der Waals surface area contributed by atoms with Crippen molar-refractivity contribution in [2.24, 2.45) is 0 Å². The number of rotatable bonds is 23. The van der Waals surface area contributed by atoms with Gasteiger partial charge >= 0.3 is 6.09 Å². The van der Waals surface area contributed by atoms with Crippen LogP contribution in [0.4, 0.5) is 4.79 Å². The molecule has 0 unspecified atom stereocenters. The fourth-order valence-electron chi connectivity index (χ4n) is 4.88. The van der Waals surface area contributed by atoms with Gasteiger partial charge in [-0.25, -0.2) is 4.79 Å². The van der Waals surface area contributed by atoms with E-state index in [9.17, 15) is 4.79 Å². The van der Waals surface area contributed by atoms with Crippen LogP contribution in [0.1, 0.15) is 29.0 Å². The number of hydrogen-bond donors (Lipinski definition) is 1. The van der Waals surface area contributed by atoms with Crippen molar-refractivity contribution in [2.75, 3.05) is 85.8 Å². The second-order valence-corrected chi connectivity index (χ2v) is 10.2. The van der Waals surface area contributed by atoms with Crippen LogP contribution in [0.2, 0.25) is 0 Å². The van der Waals surface area contributed by atoms with Gasteiger partial charge in [0, 0.05) is 19.1 Å². The predicted octanol–water partition coefficient (Wildman–Crippen LogP) is 5.22. The van der Waals surface area contributed by atoms with Gasteiger partial charge in [-0.15, -0.1) is 0 Å². The van der Waals surface area contributed by atoms with Gasteiger partial charge in [0.05, 0.1) is 72.7 Å². The van der Waals surface area contributed by atoms with E-state index in [1.54, 1.807) is 0 Å². The summed E-state index contributed by atoms with van der Waals surface area (Å²) in [5.41, 5.74) is 5.99. The predicted molar refractivity (Wildman–Crippen MR) is 168 cm³/mol. The zero-order chi connectivity index (χ0) is 30.5. The van der Waals surface area contributed by atoms with Crippen molar-refractivity contribution in [1.29, 1.82) is 0 Å². The van der Waals surface area contributed by atoms with Crippen molar-refractivity contribution in [1.82, 2.24) is 5.32 Å². The van der Waals surface area contributed by atoms with Crippen LogP contribution >= 0.6 is 0 Å². The first-order valence-electron chi connectivity index (χ1n) is 15.4. The highest BCUT2D eigenvalue weighted by Gasteiger charge is 2.28. The molecule has 0 bridgehead atoms. The average molecular weight is 608 g/mol. The highest BCUT2D eigenvalue weighted by molar-refractivity contribution is 5.79.